The maximum absolute atomic E-state index is 12.9. The monoisotopic (exact) mass is 219 g/mol. The van der Waals surface area contributed by atoms with E-state index in [1.54, 1.807) is 12.3 Å². The van der Waals surface area contributed by atoms with E-state index in [4.69, 9.17) is 0 Å². The van der Waals surface area contributed by atoms with Crippen LogP contribution in [0.2, 0.25) is 0 Å². The predicted molar refractivity (Wildman–Crippen MR) is 61.9 cm³/mol. The molecule has 1 aromatic heterocycles. The summed E-state index contributed by atoms with van der Waals surface area (Å²) in [6.07, 6.45) is 3.71. The molecule has 0 bridgehead atoms. The van der Waals surface area contributed by atoms with Crippen LogP contribution in [0.3, 0.4) is 0 Å². The summed E-state index contributed by atoms with van der Waals surface area (Å²) in [5, 5.41) is 3.16. The molecule has 0 radical (unpaired) electrons. The van der Waals surface area contributed by atoms with Gasteiger partial charge >= 0.3 is 0 Å². The van der Waals surface area contributed by atoms with Crippen LogP contribution >= 0.6 is 0 Å². The predicted octanol–water partition coefficient (Wildman–Crippen LogP) is 2.44. The summed E-state index contributed by atoms with van der Waals surface area (Å²) >= 11 is 0. The van der Waals surface area contributed by atoms with Crippen LogP contribution < -0.4 is 5.32 Å². The minimum Gasteiger partial charge on any atom is -0.383 e. The number of anilines is 1. The van der Waals surface area contributed by atoms with Crippen LogP contribution in [0.1, 0.15) is 5.82 Å². The zero-order valence-corrected chi connectivity index (χ0v) is 9.15. The molecule has 0 aliphatic heterocycles. The number of aryl methyl sites for hydroxylation is 1. The van der Waals surface area contributed by atoms with Crippen LogP contribution in [0.25, 0.3) is 0 Å². The highest BCUT2D eigenvalue weighted by Crippen LogP contribution is 2.08. The van der Waals surface area contributed by atoms with E-state index < -0.39 is 0 Å². The van der Waals surface area contributed by atoms with E-state index in [1.807, 2.05) is 23.8 Å². The number of hydrogen-bond donors (Lipinski definition) is 1. The molecule has 0 unspecified atom stereocenters. The number of halogens is 1. The number of benzene rings is 1. The Kier molecular flexibility index (Phi) is 3.19. The van der Waals surface area contributed by atoms with Crippen LogP contribution in [0.4, 0.5) is 10.1 Å². The van der Waals surface area contributed by atoms with Gasteiger partial charge in [0.15, 0.2) is 0 Å². The summed E-state index contributed by atoms with van der Waals surface area (Å²) in [4.78, 5) is 4.13. The first-order valence-electron chi connectivity index (χ1n) is 5.23. The quantitative estimate of drug-likeness (QED) is 0.856. The first-order valence-corrected chi connectivity index (χ1v) is 5.23. The second kappa shape index (κ2) is 4.79. The van der Waals surface area contributed by atoms with Gasteiger partial charge in [0.25, 0.3) is 0 Å². The van der Waals surface area contributed by atoms with Gasteiger partial charge in [0.05, 0.1) is 0 Å². The number of hydrogen-bond acceptors (Lipinski definition) is 2. The molecule has 3 nitrogen and oxygen atoms in total. The first kappa shape index (κ1) is 10.7. The molecule has 4 heteroatoms. The number of imidazole rings is 1. The summed E-state index contributed by atoms with van der Waals surface area (Å²) in [6, 6.07) is 6.47. The van der Waals surface area contributed by atoms with Crippen molar-refractivity contribution in [2.75, 3.05) is 11.9 Å². The Balaban J connectivity index is 1.87. The molecule has 84 valence electrons. The molecule has 2 aromatic rings. The zero-order chi connectivity index (χ0) is 11.4. The number of nitrogens with zero attached hydrogens (tertiary/aromatic N) is 2. The Morgan fingerprint density at radius 3 is 3.00 bits per heavy atom. The molecule has 0 aliphatic rings. The van der Waals surface area contributed by atoms with Gasteiger partial charge in [-0.15, -0.1) is 0 Å². The van der Waals surface area contributed by atoms with Crippen LogP contribution in [0.5, 0.6) is 0 Å². The Morgan fingerprint density at radius 1 is 1.44 bits per heavy atom. The Hall–Kier alpha value is -1.84. The van der Waals surface area contributed by atoms with Gasteiger partial charge in [0.2, 0.25) is 0 Å². The fourth-order valence-electron chi connectivity index (χ4n) is 1.56. The largest absolute Gasteiger partial charge is 0.383 e. The topological polar surface area (TPSA) is 29.9 Å². The van der Waals surface area contributed by atoms with Gasteiger partial charge in [-0.05, 0) is 25.1 Å². The minimum atomic E-state index is -0.219. The van der Waals surface area contributed by atoms with Crippen molar-refractivity contribution >= 4 is 5.69 Å². The molecule has 16 heavy (non-hydrogen) atoms. The van der Waals surface area contributed by atoms with Gasteiger partial charge in [-0.25, -0.2) is 9.37 Å². The molecule has 1 heterocycles. The highest BCUT2D eigenvalue weighted by molar-refractivity contribution is 5.42. The zero-order valence-electron chi connectivity index (χ0n) is 9.15. The molecule has 1 N–H and O–H groups in total. The van der Waals surface area contributed by atoms with Crippen molar-refractivity contribution in [3.63, 3.8) is 0 Å². The van der Waals surface area contributed by atoms with E-state index in [9.17, 15) is 4.39 Å². The van der Waals surface area contributed by atoms with E-state index in [0.717, 1.165) is 24.6 Å². The van der Waals surface area contributed by atoms with Crippen molar-refractivity contribution in [2.45, 2.75) is 13.5 Å². The van der Waals surface area contributed by atoms with Crippen molar-refractivity contribution in [3.8, 4) is 0 Å². The Bertz CT molecular complexity index is 465. The van der Waals surface area contributed by atoms with Gasteiger partial charge in [-0.3, -0.25) is 0 Å². The van der Waals surface area contributed by atoms with Gasteiger partial charge in [-0.2, -0.15) is 0 Å². The highest BCUT2D eigenvalue weighted by Gasteiger charge is 1.97. The van der Waals surface area contributed by atoms with Gasteiger partial charge < -0.3 is 9.88 Å². The van der Waals surface area contributed by atoms with E-state index >= 15 is 0 Å². The fraction of sp³-hybridized carbons (Fsp3) is 0.250. The number of nitrogens with one attached hydrogen (secondary N) is 1. The smallest absolute Gasteiger partial charge is 0.125 e. The second-order valence-corrected chi connectivity index (χ2v) is 3.60. The molecule has 0 atom stereocenters. The van der Waals surface area contributed by atoms with Crippen molar-refractivity contribution in [3.05, 3.63) is 48.3 Å². The lowest BCUT2D eigenvalue weighted by Gasteiger charge is -2.08. The average molecular weight is 219 g/mol. The normalized spacial score (nSPS) is 10.4. The maximum Gasteiger partial charge on any atom is 0.125 e. The molecule has 1 aromatic carbocycles. The van der Waals surface area contributed by atoms with Crippen LogP contribution in [0.15, 0.2) is 36.7 Å². The van der Waals surface area contributed by atoms with Gasteiger partial charge in [0, 0.05) is 31.2 Å². The summed E-state index contributed by atoms with van der Waals surface area (Å²) in [5.41, 5.74) is 0.803. The summed E-state index contributed by atoms with van der Waals surface area (Å²) in [5.74, 6) is 0.768. The third-order valence-electron chi connectivity index (χ3n) is 2.43. The van der Waals surface area contributed by atoms with E-state index in [2.05, 4.69) is 10.3 Å². The van der Waals surface area contributed by atoms with Crippen LogP contribution in [-0.2, 0) is 6.54 Å². The van der Waals surface area contributed by atoms with Crippen molar-refractivity contribution < 1.29 is 4.39 Å². The summed E-state index contributed by atoms with van der Waals surface area (Å²) in [6.45, 7) is 3.53. The molecule has 0 aliphatic carbocycles. The van der Waals surface area contributed by atoms with E-state index in [1.165, 1.54) is 12.1 Å². The third-order valence-corrected chi connectivity index (χ3v) is 2.43. The summed E-state index contributed by atoms with van der Waals surface area (Å²) < 4.78 is 14.9. The Morgan fingerprint density at radius 2 is 2.31 bits per heavy atom. The van der Waals surface area contributed by atoms with Gasteiger partial charge in [0.1, 0.15) is 11.6 Å². The molecular weight excluding hydrogens is 205 g/mol. The number of rotatable bonds is 4. The third kappa shape index (κ3) is 2.59. The first-order chi connectivity index (χ1) is 7.75. The van der Waals surface area contributed by atoms with Gasteiger partial charge in [-0.1, -0.05) is 6.07 Å². The lowest BCUT2D eigenvalue weighted by atomic mass is 10.3. The highest BCUT2D eigenvalue weighted by atomic mass is 19.1. The second-order valence-electron chi connectivity index (χ2n) is 3.60. The molecular formula is C12H14FN3. The average Bonchev–Trinajstić information content (AvgIpc) is 2.65. The SMILES string of the molecule is Cc1nccn1CCNc1cccc(F)c1. The molecule has 0 saturated carbocycles. The minimum absolute atomic E-state index is 0.219. The lowest BCUT2D eigenvalue weighted by molar-refractivity contribution is 0.628. The molecule has 0 saturated heterocycles. The molecule has 0 spiro atoms. The molecule has 0 amide bonds. The molecule has 0 fully saturated rings. The van der Waals surface area contributed by atoms with Crippen molar-refractivity contribution in [1.29, 1.82) is 0 Å². The fourth-order valence-corrected chi connectivity index (χ4v) is 1.56. The Labute approximate surface area is 93.9 Å². The van der Waals surface area contributed by atoms with Crippen LogP contribution in [0, 0.1) is 12.7 Å². The van der Waals surface area contributed by atoms with Crippen molar-refractivity contribution in [2.24, 2.45) is 0 Å². The standard InChI is InChI=1S/C12H14FN3/c1-10-14-5-7-16(10)8-6-15-12-4-2-3-11(13)9-12/h2-5,7,9,15H,6,8H2,1H3. The van der Waals surface area contributed by atoms with E-state index in [-0.39, 0.29) is 5.82 Å². The lowest BCUT2D eigenvalue weighted by Crippen LogP contribution is -2.11. The molecule has 2 rings (SSSR count). The van der Waals surface area contributed by atoms with Crippen LogP contribution in [-0.4, -0.2) is 16.1 Å². The maximum atomic E-state index is 12.9. The summed E-state index contributed by atoms with van der Waals surface area (Å²) in [7, 11) is 0. The number of aromatic nitrogens is 2. The van der Waals surface area contributed by atoms with E-state index in [0.29, 0.717) is 0 Å². The van der Waals surface area contributed by atoms with Crippen molar-refractivity contribution in [1.82, 2.24) is 9.55 Å².